The molecule has 0 saturated heterocycles. The number of fused-ring (bicyclic) bond motifs is 1. The van der Waals surface area contributed by atoms with Crippen LogP contribution in [0.4, 0.5) is 10.1 Å². The van der Waals surface area contributed by atoms with Crippen molar-refractivity contribution in [3.8, 4) is 0 Å². The van der Waals surface area contributed by atoms with Crippen LogP contribution in [0.1, 0.15) is 31.2 Å². The lowest BCUT2D eigenvalue weighted by Gasteiger charge is -2.23. The molecule has 0 saturated carbocycles. The van der Waals surface area contributed by atoms with E-state index in [0.29, 0.717) is 0 Å². The molecule has 1 aromatic heterocycles. The average molecular weight is 478 g/mol. The summed E-state index contributed by atoms with van der Waals surface area (Å²) in [4.78, 5) is 17.1. The van der Waals surface area contributed by atoms with E-state index in [9.17, 15) is 14.3 Å². The smallest absolute Gasteiger partial charge is 0.323 e. The molecular weight excluding hydrogens is 449 g/mol. The van der Waals surface area contributed by atoms with Crippen molar-refractivity contribution >= 4 is 34.6 Å². The number of rotatable bonds is 11. The van der Waals surface area contributed by atoms with Crippen LogP contribution in [0.5, 0.6) is 0 Å². The van der Waals surface area contributed by atoms with Gasteiger partial charge < -0.3 is 14.0 Å². The molecule has 176 valence electrons. The van der Waals surface area contributed by atoms with E-state index >= 15 is 0 Å². The number of carbonyl (C=O) groups is 1. The van der Waals surface area contributed by atoms with E-state index in [-0.39, 0.29) is 12.4 Å². The summed E-state index contributed by atoms with van der Waals surface area (Å²) in [7, 11) is 0. The molecule has 4 rings (SSSR count). The zero-order valence-corrected chi connectivity index (χ0v) is 20.0. The highest BCUT2D eigenvalue weighted by molar-refractivity contribution is 8.00. The Morgan fingerprint density at radius 1 is 1.06 bits per heavy atom. The highest BCUT2D eigenvalue weighted by atomic mass is 32.2. The van der Waals surface area contributed by atoms with Gasteiger partial charge in [0.2, 0.25) is 0 Å². The van der Waals surface area contributed by atoms with Gasteiger partial charge in [0, 0.05) is 23.5 Å². The first-order chi connectivity index (χ1) is 16.5. The molecule has 0 unspecified atom stereocenters. The number of hydrogen-bond acceptors (Lipinski definition) is 4. The number of aliphatic carboxylic acids is 1. The number of nitrogens with zero attached hydrogens (tertiary/aromatic N) is 3. The normalized spacial score (nSPS) is 11.1. The van der Waals surface area contributed by atoms with Crippen LogP contribution >= 0.6 is 11.9 Å². The molecule has 34 heavy (non-hydrogen) atoms. The predicted octanol–water partition coefficient (Wildman–Crippen LogP) is 6.36. The molecule has 0 amide bonds. The van der Waals surface area contributed by atoms with Crippen molar-refractivity contribution in [2.75, 3.05) is 10.8 Å². The minimum atomic E-state index is -0.880. The summed E-state index contributed by atoms with van der Waals surface area (Å²) in [6, 6.07) is 22.9. The second kappa shape index (κ2) is 11.2. The summed E-state index contributed by atoms with van der Waals surface area (Å²) in [6.07, 6.45) is 3.52. The summed E-state index contributed by atoms with van der Waals surface area (Å²) < 4.78 is 17.4. The minimum absolute atomic E-state index is 0.101. The lowest BCUT2D eigenvalue weighted by molar-refractivity contribution is -0.137. The molecular formula is C27H28FN3O2S. The lowest BCUT2D eigenvalue weighted by atomic mass is 10.1. The van der Waals surface area contributed by atoms with Crippen LogP contribution in [-0.2, 0) is 24.2 Å². The third kappa shape index (κ3) is 5.97. The van der Waals surface area contributed by atoms with Gasteiger partial charge in [-0.1, -0.05) is 37.3 Å². The molecule has 0 fully saturated rings. The number of hydrogen-bond donors (Lipinski definition) is 1. The van der Waals surface area contributed by atoms with Gasteiger partial charge in [-0.25, -0.2) is 9.37 Å². The first kappa shape index (κ1) is 23.8. The predicted molar refractivity (Wildman–Crippen MR) is 136 cm³/mol. The fraction of sp³-hybridized carbons (Fsp3) is 0.259. The largest absolute Gasteiger partial charge is 0.480 e. The monoisotopic (exact) mass is 477 g/mol. The van der Waals surface area contributed by atoms with Crippen LogP contribution in [-0.4, -0.2) is 27.2 Å². The van der Waals surface area contributed by atoms with E-state index in [1.165, 1.54) is 17.7 Å². The summed E-state index contributed by atoms with van der Waals surface area (Å²) in [5.41, 5.74) is 3.89. The third-order valence-electron chi connectivity index (χ3n) is 5.56. The fourth-order valence-electron chi connectivity index (χ4n) is 3.97. The summed E-state index contributed by atoms with van der Waals surface area (Å²) in [5, 5.41) is 9.37. The van der Waals surface area contributed by atoms with Gasteiger partial charge in [0.25, 0.3) is 0 Å². The Kier molecular flexibility index (Phi) is 7.85. The van der Waals surface area contributed by atoms with E-state index in [0.717, 1.165) is 59.7 Å². The molecule has 3 aromatic carbocycles. The van der Waals surface area contributed by atoms with Crippen molar-refractivity contribution in [3.63, 3.8) is 0 Å². The van der Waals surface area contributed by atoms with Crippen molar-refractivity contribution in [3.05, 3.63) is 90.0 Å². The van der Waals surface area contributed by atoms with E-state index in [4.69, 9.17) is 4.98 Å². The number of carboxylic acid groups (broad SMARTS) is 1. The van der Waals surface area contributed by atoms with E-state index in [1.807, 2.05) is 24.3 Å². The highest BCUT2D eigenvalue weighted by Crippen LogP contribution is 2.32. The van der Waals surface area contributed by atoms with Crippen molar-refractivity contribution in [1.82, 2.24) is 9.55 Å². The van der Waals surface area contributed by atoms with Gasteiger partial charge in [0.1, 0.15) is 18.2 Å². The first-order valence-electron chi connectivity index (χ1n) is 11.5. The molecule has 0 aliphatic rings. The highest BCUT2D eigenvalue weighted by Gasteiger charge is 2.16. The standard InChI is InChI=1S/C27H28FN3O2S/c1-2-7-26-29-24-18-22(13-16-25(24)30(26)19-27(32)33)31(34-23-14-11-21(28)12-15-23)17-6-10-20-8-4-3-5-9-20/h3-5,8-9,11-16,18H,2,6-7,10,17,19H2,1H3,(H,32,33). The van der Waals surface area contributed by atoms with Crippen LogP contribution in [0, 0.1) is 5.82 Å². The maximum absolute atomic E-state index is 13.4. The van der Waals surface area contributed by atoms with Gasteiger partial charge in [-0.15, -0.1) is 0 Å². The SMILES string of the molecule is CCCc1nc2cc(N(CCCc3ccccc3)Sc3ccc(F)cc3)ccc2n1CC(=O)O. The second-order valence-electron chi connectivity index (χ2n) is 8.17. The molecule has 0 aliphatic heterocycles. The first-order valence-corrected chi connectivity index (χ1v) is 12.3. The number of anilines is 1. The van der Waals surface area contributed by atoms with E-state index in [1.54, 1.807) is 28.6 Å². The quantitative estimate of drug-likeness (QED) is 0.255. The molecule has 0 bridgehead atoms. The van der Waals surface area contributed by atoms with Crippen LogP contribution in [0.3, 0.4) is 0 Å². The van der Waals surface area contributed by atoms with Crippen molar-refractivity contribution in [2.45, 2.75) is 44.0 Å². The number of imidazole rings is 1. The lowest BCUT2D eigenvalue weighted by Crippen LogP contribution is -2.16. The number of aryl methyl sites for hydroxylation is 2. The molecule has 0 atom stereocenters. The van der Waals surface area contributed by atoms with Crippen LogP contribution < -0.4 is 4.31 Å². The van der Waals surface area contributed by atoms with Crippen molar-refractivity contribution < 1.29 is 14.3 Å². The summed E-state index contributed by atoms with van der Waals surface area (Å²) in [6.45, 7) is 2.75. The topological polar surface area (TPSA) is 58.4 Å². The van der Waals surface area contributed by atoms with Gasteiger partial charge in [-0.2, -0.15) is 0 Å². The fourth-order valence-corrected chi connectivity index (χ4v) is 4.92. The Labute approximate surface area is 203 Å². The Balaban J connectivity index is 1.62. The number of benzene rings is 3. The van der Waals surface area contributed by atoms with Crippen LogP contribution in [0.2, 0.25) is 0 Å². The molecule has 7 heteroatoms. The van der Waals surface area contributed by atoms with Crippen LogP contribution in [0.15, 0.2) is 77.7 Å². The van der Waals surface area contributed by atoms with Crippen molar-refractivity contribution in [2.24, 2.45) is 0 Å². The van der Waals surface area contributed by atoms with Gasteiger partial charge in [-0.3, -0.25) is 4.79 Å². The number of aromatic nitrogens is 2. The maximum atomic E-state index is 13.4. The third-order valence-corrected chi connectivity index (χ3v) is 6.66. The molecule has 5 nitrogen and oxygen atoms in total. The molecule has 1 N–H and O–H groups in total. The Bertz CT molecular complexity index is 1240. The van der Waals surface area contributed by atoms with Gasteiger partial charge in [0.15, 0.2) is 0 Å². The van der Waals surface area contributed by atoms with Crippen molar-refractivity contribution in [1.29, 1.82) is 0 Å². The zero-order valence-electron chi connectivity index (χ0n) is 19.2. The Hall–Kier alpha value is -3.32. The number of halogens is 1. The zero-order chi connectivity index (χ0) is 23.9. The summed E-state index contributed by atoms with van der Waals surface area (Å²) in [5.74, 6) is -0.345. The van der Waals surface area contributed by atoms with Gasteiger partial charge >= 0.3 is 5.97 Å². The van der Waals surface area contributed by atoms with E-state index < -0.39 is 5.97 Å². The average Bonchev–Trinajstić information content (AvgIpc) is 3.16. The Morgan fingerprint density at radius 2 is 1.82 bits per heavy atom. The molecule has 1 heterocycles. The second-order valence-corrected chi connectivity index (χ2v) is 9.26. The van der Waals surface area contributed by atoms with Crippen LogP contribution in [0.25, 0.3) is 11.0 Å². The van der Waals surface area contributed by atoms with Gasteiger partial charge in [0.05, 0.1) is 11.0 Å². The maximum Gasteiger partial charge on any atom is 0.323 e. The van der Waals surface area contributed by atoms with E-state index in [2.05, 4.69) is 35.5 Å². The molecule has 0 aliphatic carbocycles. The Morgan fingerprint density at radius 3 is 2.53 bits per heavy atom. The molecule has 4 aromatic rings. The summed E-state index contributed by atoms with van der Waals surface area (Å²) >= 11 is 1.56. The number of carboxylic acids is 1. The molecule has 0 spiro atoms. The van der Waals surface area contributed by atoms with Gasteiger partial charge in [-0.05, 0) is 79.2 Å². The molecule has 0 radical (unpaired) electrons. The minimum Gasteiger partial charge on any atom is -0.480 e.